The lowest BCUT2D eigenvalue weighted by Crippen LogP contribution is -2.49. The molecular formula is C20H20ClN3OS. The number of carbonyl (C=O) groups is 1. The normalized spacial score (nSPS) is 14.2. The molecule has 0 N–H and O–H groups in total. The van der Waals surface area contributed by atoms with E-state index in [1.807, 2.05) is 47.4 Å². The summed E-state index contributed by atoms with van der Waals surface area (Å²) in [6, 6.07) is 17.5. The third-order valence-corrected chi connectivity index (χ3v) is 5.61. The highest BCUT2D eigenvalue weighted by Crippen LogP contribution is 2.21. The van der Waals surface area contributed by atoms with Gasteiger partial charge in [0.1, 0.15) is 0 Å². The number of nitriles is 1. The average molecular weight is 386 g/mol. The Morgan fingerprint density at radius 3 is 2.50 bits per heavy atom. The Labute approximate surface area is 163 Å². The van der Waals surface area contributed by atoms with Gasteiger partial charge in [-0.1, -0.05) is 29.8 Å². The van der Waals surface area contributed by atoms with Crippen molar-refractivity contribution in [3.63, 3.8) is 0 Å². The number of thioether (sulfide) groups is 1. The highest BCUT2D eigenvalue weighted by Gasteiger charge is 2.21. The van der Waals surface area contributed by atoms with E-state index in [2.05, 4.69) is 17.0 Å². The SMILES string of the molecule is N#Cc1ccc(CSCC(=O)N2CCN(c3cccc(Cl)c3)CC2)cc1. The first-order valence-electron chi connectivity index (χ1n) is 8.51. The molecule has 1 fully saturated rings. The van der Waals surface area contributed by atoms with E-state index < -0.39 is 0 Å². The summed E-state index contributed by atoms with van der Waals surface area (Å²) in [5, 5.41) is 9.55. The number of piperazine rings is 1. The predicted octanol–water partition coefficient (Wildman–Crippen LogP) is 3.79. The lowest BCUT2D eigenvalue weighted by atomic mass is 10.2. The van der Waals surface area contributed by atoms with E-state index >= 15 is 0 Å². The Bertz CT molecular complexity index is 795. The summed E-state index contributed by atoms with van der Waals surface area (Å²) < 4.78 is 0. The van der Waals surface area contributed by atoms with Gasteiger partial charge in [-0.15, -0.1) is 11.8 Å². The minimum atomic E-state index is 0.189. The van der Waals surface area contributed by atoms with Crippen LogP contribution in [0.3, 0.4) is 0 Å². The maximum absolute atomic E-state index is 12.4. The van der Waals surface area contributed by atoms with Gasteiger partial charge in [-0.05, 0) is 35.9 Å². The molecule has 0 aliphatic carbocycles. The molecule has 3 rings (SSSR count). The lowest BCUT2D eigenvalue weighted by molar-refractivity contribution is -0.128. The molecule has 26 heavy (non-hydrogen) atoms. The van der Waals surface area contributed by atoms with E-state index in [0.29, 0.717) is 11.3 Å². The van der Waals surface area contributed by atoms with Gasteiger partial charge in [-0.25, -0.2) is 0 Å². The monoisotopic (exact) mass is 385 g/mol. The fourth-order valence-electron chi connectivity index (χ4n) is 2.91. The molecule has 0 aromatic heterocycles. The highest BCUT2D eigenvalue weighted by molar-refractivity contribution is 7.99. The van der Waals surface area contributed by atoms with Crippen molar-refractivity contribution in [2.45, 2.75) is 5.75 Å². The van der Waals surface area contributed by atoms with E-state index in [0.717, 1.165) is 48.2 Å². The number of amides is 1. The van der Waals surface area contributed by atoms with Crippen LogP contribution in [-0.4, -0.2) is 42.7 Å². The largest absolute Gasteiger partial charge is 0.368 e. The van der Waals surface area contributed by atoms with Crippen molar-refractivity contribution in [2.75, 3.05) is 36.8 Å². The van der Waals surface area contributed by atoms with Gasteiger partial charge in [0.15, 0.2) is 0 Å². The molecule has 4 nitrogen and oxygen atoms in total. The Kier molecular flexibility index (Phi) is 6.43. The van der Waals surface area contributed by atoms with Crippen molar-refractivity contribution in [3.8, 4) is 6.07 Å². The van der Waals surface area contributed by atoms with Crippen LogP contribution in [0.4, 0.5) is 5.69 Å². The molecule has 0 spiro atoms. The van der Waals surface area contributed by atoms with Crippen LogP contribution in [-0.2, 0) is 10.5 Å². The molecule has 1 heterocycles. The number of anilines is 1. The first-order valence-corrected chi connectivity index (χ1v) is 10.0. The molecule has 0 bridgehead atoms. The zero-order chi connectivity index (χ0) is 18.4. The first-order chi connectivity index (χ1) is 12.7. The summed E-state index contributed by atoms with van der Waals surface area (Å²) in [6.45, 7) is 3.13. The zero-order valence-corrected chi connectivity index (χ0v) is 16.0. The number of hydrogen-bond donors (Lipinski definition) is 0. The molecule has 2 aromatic rings. The van der Waals surface area contributed by atoms with E-state index in [4.69, 9.17) is 16.9 Å². The fraction of sp³-hybridized carbons (Fsp3) is 0.300. The van der Waals surface area contributed by atoms with Crippen LogP contribution in [0, 0.1) is 11.3 Å². The molecule has 6 heteroatoms. The van der Waals surface area contributed by atoms with E-state index in [-0.39, 0.29) is 5.91 Å². The summed E-state index contributed by atoms with van der Waals surface area (Å²) in [4.78, 5) is 16.6. The van der Waals surface area contributed by atoms with E-state index in [1.54, 1.807) is 11.8 Å². The summed E-state index contributed by atoms with van der Waals surface area (Å²) in [7, 11) is 0. The maximum atomic E-state index is 12.4. The van der Waals surface area contributed by atoms with Crippen LogP contribution >= 0.6 is 23.4 Å². The molecular weight excluding hydrogens is 366 g/mol. The van der Waals surface area contributed by atoms with Gasteiger partial charge in [0, 0.05) is 42.6 Å². The maximum Gasteiger partial charge on any atom is 0.232 e. The first kappa shape index (κ1) is 18.6. The van der Waals surface area contributed by atoms with Gasteiger partial charge >= 0.3 is 0 Å². The number of rotatable bonds is 5. The molecule has 134 valence electrons. The highest BCUT2D eigenvalue weighted by atomic mass is 35.5. The second-order valence-electron chi connectivity index (χ2n) is 6.15. The number of halogens is 1. The molecule has 1 amide bonds. The van der Waals surface area contributed by atoms with Crippen molar-refractivity contribution < 1.29 is 4.79 Å². The van der Waals surface area contributed by atoms with E-state index in [9.17, 15) is 4.79 Å². The van der Waals surface area contributed by atoms with Crippen LogP contribution in [0.2, 0.25) is 5.02 Å². The van der Waals surface area contributed by atoms with Crippen LogP contribution in [0.15, 0.2) is 48.5 Å². The second kappa shape index (κ2) is 8.98. The molecule has 1 aliphatic rings. The smallest absolute Gasteiger partial charge is 0.232 e. The van der Waals surface area contributed by atoms with Crippen LogP contribution in [0.1, 0.15) is 11.1 Å². The minimum absolute atomic E-state index is 0.189. The van der Waals surface area contributed by atoms with Crippen LogP contribution in [0.25, 0.3) is 0 Å². The molecule has 0 atom stereocenters. The van der Waals surface area contributed by atoms with Crippen LogP contribution in [0.5, 0.6) is 0 Å². The van der Waals surface area contributed by atoms with Crippen molar-refractivity contribution in [1.82, 2.24) is 4.90 Å². The fourth-order valence-corrected chi connectivity index (χ4v) is 3.98. The van der Waals surface area contributed by atoms with Crippen molar-refractivity contribution in [1.29, 1.82) is 5.26 Å². The topological polar surface area (TPSA) is 47.3 Å². The van der Waals surface area contributed by atoms with Gasteiger partial charge in [0.25, 0.3) is 0 Å². The minimum Gasteiger partial charge on any atom is -0.368 e. The summed E-state index contributed by atoms with van der Waals surface area (Å²) in [5.74, 6) is 1.45. The van der Waals surface area contributed by atoms with Crippen molar-refractivity contribution in [2.24, 2.45) is 0 Å². The van der Waals surface area contributed by atoms with Gasteiger partial charge in [-0.2, -0.15) is 5.26 Å². The van der Waals surface area contributed by atoms with Crippen LogP contribution < -0.4 is 4.90 Å². The predicted molar refractivity (Wildman–Crippen MR) is 108 cm³/mol. The summed E-state index contributed by atoms with van der Waals surface area (Å²) in [5.41, 5.74) is 2.90. The lowest BCUT2D eigenvalue weighted by Gasteiger charge is -2.36. The number of hydrogen-bond acceptors (Lipinski definition) is 4. The van der Waals surface area contributed by atoms with Gasteiger partial charge in [0.2, 0.25) is 5.91 Å². The molecule has 0 radical (unpaired) electrons. The summed E-state index contributed by atoms with van der Waals surface area (Å²) in [6.07, 6.45) is 0. The second-order valence-corrected chi connectivity index (χ2v) is 7.57. The number of benzene rings is 2. The Hall–Kier alpha value is -2.16. The molecule has 1 aliphatic heterocycles. The van der Waals surface area contributed by atoms with E-state index in [1.165, 1.54) is 0 Å². The number of nitrogens with zero attached hydrogens (tertiary/aromatic N) is 3. The Morgan fingerprint density at radius 1 is 1.12 bits per heavy atom. The number of carbonyl (C=O) groups excluding carboxylic acids is 1. The van der Waals surface area contributed by atoms with Gasteiger partial charge < -0.3 is 9.80 Å². The molecule has 0 saturated carbocycles. The third kappa shape index (κ3) is 4.94. The average Bonchev–Trinajstić information content (AvgIpc) is 2.68. The van der Waals surface area contributed by atoms with Gasteiger partial charge in [0.05, 0.1) is 17.4 Å². The molecule has 2 aromatic carbocycles. The van der Waals surface area contributed by atoms with Crippen molar-refractivity contribution >= 4 is 35.0 Å². The Balaban J connectivity index is 1.42. The Morgan fingerprint density at radius 2 is 1.85 bits per heavy atom. The molecule has 1 saturated heterocycles. The van der Waals surface area contributed by atoms with Crippen molar-refractivity contribution in [3.05, 3.63) is 64.7 Å². The summed E-state index contributed by atoms with van der Waals surface area (Å²) >= 11 is 7.67. The molecule has 0 unspecified atom stereocenters. The zero-order valence-electron chi connectivity index (χ0n) is 14.4. The standard InChI is InChI=1S/C20H20ClN3OS/c21-18-2-1-3-19(12-18)23-8-10-24(11-9-23)20(25)15-26-14-17-6-4-16(13-22)5-7-17/h1-7,12H,8-11,14-15H2. The third-order valence-electron chi connectivity index (χ3n) is 4.38. The van der Waals surface area contributed by atoms with Gasteiger partial charge in [-0.3, -0.25) is 4.79 Å². The quantitative estimate of drug-likeness (QED) is 0.785.